The molecule has 1 aromatic rings. The number of halogens is 3. The van der Waals surface area contributed by atoms with Gasteiger partial charge in [-0.3, -0.25) is 0 Å². The van der Waals surface area contributed by atoms with Gasteiger partial charge in [0.15, 0.2) is 6.10 Å². The van der Waals surface area contributed by atoms with Crippen LogP contribution in [0.3, 0.4) is 0 Å². The molecule has 0 heterocycles. The molecule has 0 unspecified atom stereocenters. The van der Waals surface area contributed by atoms with Gasteiger partial charge in [-0.2, -0.15) is 13.2 Å². The summed E-state index contributed by atoms with van der Waals surface area (Å²) in [5, 5.41) is 21.5. The molecule has 0 saturated heterocycles. The lowest BCUT2D eigenvalue weighted by Gasteiger charge is -2.10. The number of rotatable bonds is 4. The first-order valence-electron chi connectivity index (χ1n) is 5.33. The lowest BCUT2D eigenvalue weighted by molar-refractivity contribution is -0.146. The summed E-state index contributed by atoms with van der Waals surface area (Å²) in [7, 11) is 0. The Morgan fingerprint density at radius 2 is 1.75 bits per heavy atom. The van der Waals surface area contributed by atoms with Crippen molar-refractivity contribution in [3.8, 4) is 0 Å². The van der Waals surface area contributed by atoms with E-state index in [1.165, 1.54) is 0 Å². The van der Waals surface area contributed by atoms with Crippen LogP contribution in [0.4, 0.5) is 23.7 Å². The van der Waals surface area contributed by atoms with Crippen molar-refractivity contribution < 1.29 is 33.0 Å². The maximum atomic E-state index is 12.3. The Bertz CT molecular complexity index is 487. The van der Waals surface area contributed by atoms with Gasteiger partial charge in [-0.15, -0.1) is 0 Å². The van der Waals surface area contributed by atoms with Gasteiger partial charge >= 0.3 is 18.2 Å². The van der Waals surface area contributed by atoms with Crippen molar-refractivity contribution in [1.29, 1.82) is 0 Å². The van der Waals surface area contributed by atoms with Crippen LogP contribution in [-0.2, 0) is 11.0 Å². The van der Waals surface area contributed by atoms with E-state index in [0.717, 1.165) is 24.3 Å². The van der Waals surface area contributed by atoms with Crippen molar-refractivity contribution in [3.05, 3.63) is 29.8 Å². The molecule has 4 N–H and O–H groups in total. The van der Waals surface area contributed by atoms with E-state index in [2.05, 4.69) is 10.6 Å². The third-order valence-corrected chi connectivity index (χ3v) is 2.21. The maximum absolute atomic E-state index is 12.3. The number of hydrogen-bond donors (Lipinski definition) is 4. The predicted octanol–water partition coefficient (Wildman–Crippen LogP) is 1.27. The second-order valence-corrected chi connectivity index (χ2v) is 3.76. The molecule has 0 bridgehead atoms. The van der Waals surface area contributed by atoms with Crippen molar-refractivity contribution in [1.82, 2.24) is 5.32 Å². The van der Waals surface area contributed by atoms with Crippen LogP contribution >= 0.6 is 0 Å². The lowest BCUT2D eigenvalue weighted by Crippen LogP contribution is -2.38. The number of amides is 2. The number of alkyl halides is 3. The van der Waals surface area contributed by atoms with Gasteiger partial charge in [-0.25, -0.2) is 9.59 Å². The van der Waals surface area contributed by atoms with Gasteiger partial charge in [0.2, 0.25) is 0 Å². The monoisotopic (exact) mass is 292 g/mol. The Morgan fingerprint density at radius 1 is 1.20 bits per heavy atom. The van der Waals surface area contributed by atoms with Crippen LogP contribution in [0.25, 0.3) is 0 Å². The van der Waals surface area contributed by atoms with Crippen LogP contribution in [-0.4, -0.2) is 34.9 Å². The van der Waals surface area contributed by atoms with Crippen LogP contribution in [0.2, 0.25) is 0 Å². The first kappa shape index (κ1) is 15.8. The summed E-state index contributed by atoms with van der Waals surface area (Å²) in [4.78, 5) is 21.5. The number of hydrogen-bond acceptors (Lipinski definition) is 3. The van der Waals surface area contributed by atoms with E-state index in [1.807, 2.05) is 0 Å². The number of carboxylic acids is 1. The number of aliphatic hydroxyl groups is 1. The van der Waals surface area contributed by atoms with Crippen molar-refractivity contribution in [2.24, 2.45) is 0 Å². The number of urea groups is 1. The molecule has 1 aromatic carbocycles. The van der Waals surface area contributed by atoms with Gasteiger partial charge < -0.3 is 20.8 Å². The van der Waals surface area contributed by atoms with Gasteiger partial charge in [0.25, 0.3) is 0 Å². The fraction of sp³-hybridized carbons (Fsp3) is 0.273. The molecule has 9 heteroatoms. The largest absolute Gasteiger partial charge is 0.479 e. The second-order valence-electron chi connectivity index (χ2n) is 3.76. The summed E-state index contributed by atoms with van der Waals surface area (Å²) in [6.07, 6.45) is -6.22. The third-order valence-electron chi connectivity index (χ3n) is 2.21. The highest BCUT2D eigenvalue weighted by Gasteiger charge is 2.29. The van der Waals surface area contributed by atoms with Gasteiger partial charge in [-0.1, -0.05) is 0 Å². The molecular weight excluding hydrogens is 281 g/mol. The van der Waals surface area contributed by atoms with E-state index in [9.17, 15) is 22.8 Å². The van der Waals surface area contributed by atoms with E-state index in [1.54, 1.807) is 0 Å². The number of aliphatic carboxylic acids is 1. The molecule has 0 radical (unpaired) electrons. The molecule has 1 atom stereocenters. The molecule has 6 nitrogen and oxygen atoms in total. The number of nitrogens with one attached hydrogen (secondary N) is 2. The van der Waals surface area contributed by atoms with Crippen LogP contribution < -0.4 is 10.6 Å². The normalized spacial score (nSPS) is 12.6. The Labute approximate surface area is 111 Å². The lowest BCUT2D eigenvalue weighted by atomic mass is 10.2. The summed E-state index contributed by atoms with van der Waals surface area (Å²) in [5.41, 5.74) is -0.759. The van der Waals surface area contributed by atoms with Gasteiger partial charge in [0, 0.05) is 5.69 Å². The first-order valence-corrected chi connectivity index (χ1v) is 5.33. The molecule has 0 saturated carbocycles. The van der Waals surface area contributed by atoms with E-state index < -0.39 is 36.4 Å². The molecule has 0 aliphatic heterocycles. The van der Waals surface area contributed by atoms with Crippen LogP contribution in [0.1, 0.15) is 5.56 Å². The van der Waals surface area contributed by atoms with Gasteiger partial charge in [0.1, 0.15) is 0 Å². The average Bonchev–Trinajstić information content (AvgIpc) is 2.35. The topological polar surface area (TPSA) is 98.7 Å². The van der Waals surface area contributed by atoms with Crippen LogP contribution in [0, 0.1) is 0 Å². The van der Waals surface area contributed by atoms with E-state index in [0.29, 0.717) is 0 Å². The highest BCUT2D eigenvalue weighted by atomic mass is 19.4. The molecule has 0 aliphatic carbocycles. The zero-order valence-corrected chi connectivity index (χ0v) is 9.94. The highest BCUT2D eigenvalue weighted by Crippen LogP contribution is 2.29. The maximum Gasteiger partial charge on any atom is 0.416 e. The quantitative estimate of drug-likeness (QED) is 0.671. The Hall–Kier alpha value is -2.29. The smallest absolute Gasteiger partial charge is 0.416 e. The number of benzene rings is 1. The molecule has 1 rings (SSSR count). The Morgan fingerprint density at radius 3 is 2.20 bits per heavy atom. The summed E-state index contributed by atoms with van der Waals surface area (Å²) in [5.74, 6) is -1.50. The standard InChI is InChI=1S/C11H11F3N2O4/c12-11(13,14)6-1-3-7(4-2-6)16-10(20)15-5-8(17)9(18)19/h1-4,8,17H,5H2,(H,18,19)(H2,15,16,20)/t8-/m0/s1. The number of anilines is 1. The van der Waals surface area contributed by atoms with Crippen molar-refractivity contribution >= 4 is 17.7 Å². The molecule has 2 amide bonds. The van der Waals surface area contributed by atoms with Crippen LogP contribution in [0.15, 0.2) is 24.3 Å². The minimum atomic E-state index is -4.47. The number of carbonyl (C=O) groups excluding carboxylic acids is 1. The first-order chi connectivity index (χ1) is 9.20. The van der Waals surface area contributed by atoms with Crippen molar-refractivity contribution in [2.45, 2.75) is 12.3 Å². The average molecular weight is 292 g/mol. The zero-order valence-electron chi connectivity index (χ0n) is 9.94. The fourth-order valence-corrected chi connectivity index (χ4v) is 1.19. The number of aliphatic hydroxyl groups excluding tert-OH is 1. The predicted molar refractivity (Wildman–Crippen MR) is 62.1 cm³/mol. The molecule has 20 heavy (non-hydrogen) atoms. The Kier molecular flexibility index (Phi) is 4.92. The van der Waals surface area contributed by atoms with Gasteiger partial charge in [0.05, 0.1) is 12.1 Å². The minimum Gasteiger partial charge on any atom is -0.479 e. The molecule has 0 fully saturated rings. The molecule has 110 valence electrons. The van der Waals surface area contributed by atoms with Crippen molar-refractivity contribution in [3.63, 3.8) is 0 Å². The van der Waals surface area contributed by atoms with E-state index in [-0.39, 0.29) is 5.69 Å². The summed E-state index contributed by atoms with van der Waals surface area (Å²) in [6.45, 7) is -0.526. The Balaban J connectivity index is 2.53. The van der Waals surface area contributed by atoms with E-state index >= 15 is 0 Å². The molecule has 0 spiro atoms. The third kappa shape index (κ3) is 4.76. The fourth-order valence-electron chi connectivity index (χ4n) is 1.19. The number of carboxylic acid groups (broad SMARTS) is 1. The van der Waals surface area contributed by atoms with Gasteiger partial charge in [-0.05, 0) is 24.3 Å². The summed E-state index contributed by atoms with van der Waals surface area (Å²) >= 11 is 0. The number of carbonyl (C=O) groups is 2. The molecule has 0 aromatic heterocycles. The molecule has 0 aliphatic rings. The second kappa shape index (κ2) is 6.24. The minimum absolute atomic E-state index is 0.0975. The summed E-state index contributed by atoms with van der Waals surface area (Å²) in [6, 6.07) is 2.85. The highest BCUT2D eigenvalue weighted by molar-refractivity contribution is 5.89. The van der Waals surface area contributed by atoms with Crippen LogP contribution in [0.5, 0.6) is 0 Å². The summed E-state index contributed by atoms with van der Waals surface area (Å²) < 4.78 is 36.9. The SMILES string of the molecule is O=C(NC[C@H](O)C(=O)O)Nc1ccc(C(F)(F)F)cc1. The zero-order chi connectivity index (χ0) is 15.3. The van der Waals surface area contributed by atoms with Crippen molar-refractivity contribution in [2.75, 3.05) is 11.9 Å². The molecular formula is C11H11F3N2O4. The van der Waals surface area contributed by atoms with E-state index in [4.69, 9.17) is 10.2 Å².